The Hall–Kier alpha value is -0.400. The number of hydrogen-bond donors (Lipinski definition) is 6. The van der Waals surface area contributed by atoms with Crippen molar-refractivity contribution in [3.63, 3.8) is 0 Å². The largest absolute Gasteiger partial charge is 0.394 e. The molecule has 148 valence electrons. The molecule has 0 radical (unpaired) electrons. The van der Waals surface area contributed by atoms with Crippen LogP contribution in [0.15, 0.2) is 0 Å². The zero-order valence-corrected chi connectivity index (χ0v) is 14.3. The van der Waals surface area contributed by atoms with Crippen LogP contribution < -0.4 is 0 Å². The first-order valence-corrected chi connectivity index (χ1v) is 8.31. The van der Waals surface area contributed by atoms with E-state index in [9.17, 15) is 30.6 Å². The molecule has 0 aromatic carbocycles. The van der Waals surface area contributed by atoms with E-state index >= 15 is 0 Å². The standard InChI is InChI=1S/C15H28O10/c1-3-7-9(5-16)23-14(12(20)11(7)19)24-10-4-8(18)13(22-2)25-15(10,21)6-17/h7-14,16-21H,3-6H2,1-2H3/t7-,8?,9?,10-,11+,12?,13-,14-,15-/m0/s1. The molecule has 25 heavy (non-hydrogen) atoms. The van der Waals surface area contributed by atoms with E-state index in [1.165, 1.54) is 7.11 Å². The number of aliphatic hydroxyl groups is 6. The van der Waals surface area contributed by atoms with Crippen molar-refractivity contribution in [2.24, 2.45) is 5.92 Å². The van der Waals surface area contributed by atoms with Gasteiger partial charge in [0.15, 0.2) is 12.6 Å². The van der Waals surface area contributed by atoms with Crippen molar-refractivity contribution in [2.75, 3.05) is 20.3 Å². The van der Waals surface area contributed by atoms with Crippen LogP contribution in [0.1, 0.15) is 19.8 Å². The van der Waals surface area contributed by atoms with Gasteiger partial charge in [-0.2, -0.15) is 0 Å². The van der Waals surface area contributed by atoms with E-state index in [1.807, 2.05) is 0 Å². The summed E-state index contributed by atoms with van der Waals surface area (Å²) >= 11 is 0. The SMILES string of the molecule is CC[C@H]1C(CO)O[C@@H](O[C@H]2CC(O)[C@@H](OC)O[C@@]2(O)CO)C(O)[C@@H]1O. The maximum Gasteiger partial charge on any atom is 0.218 e. The number of methoxy groups -OCH3 is 1. The molecule has 0 bridgehead atoms. The fourth-order valence-electron chi connectivity index (χ4n) is 3.32. The Morgan fingerprint density at radius 3 is 2.32 bits per heavy atom. The van der Waals surface area contributed by atoms with Gasteiger partial charge in [0.2, 0.25) is 5.79 Å². The molecule has 3 unspecified atom stereocenters. The lowest BCUT2D eigenvalue weighted by atomic mass is 9.87. The summed E-state index contributed by atoms with van der Waals surface area (Å²) in [6, 6.07) is 0. The molecule has 2 aliphatic rings. The third-order valence-electron chi connectivity index (χ3n) is 4.86. The van der Waals surface area contributed by atoms with Crippen molar-refractivity contribution in [3.8, 4) is 0 Å². The van der Waals surface area contributed by atoms with Gasteiger partial charge < -0.3 is 49.6 Å². The number of rotatable bonds is 6. The topological polar surface area (TPSA) is 158 Å². The number of aliphatic hydroxyl groups excluding tert-OH is 5. The molecule has 0 amide bonds. The quantitative estimate of drug-likeness (QED) is 0.291. The lowest BCUT2D eigenvalue weighted by Crippen LogP contribution is -2.63. The summed E-state index contributed by atoms with van der Waals surface area (Å²) in [5, 5.41) is 59.8. The van der Waals surface area contributed by atoms with Crippen molar-refractivity contribution in [1.29, 1.82) is 0 Å². The summed E-state index contributed by atoms with van der Waals surface area (Å²) in [5.74, 6) is -2.67. The Balaban J connectivity index is 2.13. The van der Waals surface area contributed by atoms with E-state index in [1.54, 1.807) is 6.92 Å². The van der Waals surface area contributed by atoms with Crippen LogP contribution in [-0.2, 0) is 18.9 Å². The fraction of sp³-hybridized carbons (Fsp3) is 1.00. The first-order chi connectivity index (χ1) is 11.8. The molecule has 9 atom stereocenters. The van der Waals surface area contributed by atoms with Gasteiger partial charge in [0.25, 0.3) is 0 Å². The van der Waals surface area contributed by atoms with E-state index in [0.29, 0.717) is 6.42 Å². The Labute approximate surface area is 145 Å². The molecule has 2 aliphatic heterocycles. The second kappa shape index (κ2) is 8.53. The zero-order chi connectivity index (χ0) is 18.8. The van der Waals surface area contributed by atoms with Crippen molar-refractivity contribution >= 4 is 0 Å². The van der Waals surface area contributed by atoms with Crippen LogP contribution in [-0.4, -0.2) is 99.8 Å². The van der Waals surface area contributed by atoms with Gasteiger partial charge in [0.05, 0.1) is 25.4 Å². The van der Waals surface area contributed by atoms with Crippen LogP contribution in [0.5, 0.6) is 0 Å². The van der Waals surface area contributed by atoms with E-state index in [2.05, 4.69) is 0 Å². The van der Waals surface area contributed by atoms with E-state index < -0.39 is 61.4 Å². The van der Waals surface area contributed by atoms with Gasteiger partial charge >= 0.3 is 0 Å². The molecular weight excluding hydrogens is 340 g/mol. The molecule has 6 N–H and O–H groups in total. The third kappa shape index (κ3) is 4.14. The van der Waals surface area contributed by atoms with Crippen LogP contribution in [0.25, 0.3) is 0 Å². The Morgan fingerprint density at radius 1 is 1.12 bits per heavy atom. The second-order valence-electron chi connectivity index (χ2n) is 6.43. The Morgan fingerprint density at radius 2 is 1.80 bits per heavy atom. The Kier molecular flexibility index (Phi) is 7.13. The van der Waals surface area contributed by atoms with E-state index in [-0.39, 0.29) is 13.0 Å². The molecule has 0 saturated carbocycles. The molecule has 10 heteroatoms. The predicted molar refractivity (Wildman–Crippen MR) is 81.0 cm³/mol. The third-order valence-corrected chi connectivity index (χ3v) is 4.86. The first kappa shape index (κ1) is 20.9. The van der Waals surface area contributed by atoms with Crippen LogP contribution >= 0.6 is 0 Å². The van der Waals surface area contributed by atoms with Gasteiger partial charge in [-0.1, -0.05) is 6.92 Å². The highest BCUT2D eigenvalue weighted by molar-refractivity contribution is 4.92. The van der Waals surface area contributed by atoms with Gasteiger partial charge in [-0.3, -0.25) is 0 Å². The summed E-state index contributed by atoms with van der Waals surface area (Å²) in [5.41, 5.74) is 0. The first-order valence-electron chi connectivity index (χ1n) is 8.31. The van der Waals surface area contributed by atoms with E-state index in [4.69, 9.17) is 18.9 Å². The number of hydrogen-bond acceptors (Lipinski definition) is 10. The molecule has 2 saturated heterocycles. The van der Waals surface area contributed by atoms with Crippen LogP contribution in [0.2, 0.25) is 0 Å². The molecule has 0 aromatic rings. The Bertz CT molecular complexity index is 421. The van der Waals surface area contributed by atoms with Gasteiger partial charge in [-0.15, -0.1) is 0 Å². The summed E-state index contributed by atoms with van der Waals surface area (Å²) in [6.45, 7) is 0.549. The minimum Gasteiger partial charge on any atom is -0.394 e. The highest BCUT2D eigenvalue weighted by Crippen LogP contribution is 2.35. The maximum absolute atomic E-state index is 10.4. The minimum absolute atomic E-state index is 0.167. The lowest BCUT2D eigenvalue weighted by molar-refractivity contribution is -0.404. The zero-order valence-electron chi connectivity index (χ0n) is 14.3. The average molecular weight is 368 g/mol. The normalized spacial score (nSPS) is 48.5. The second-order valence-corrected chi connectivity index (χ2v) is 6.43. The monoisotopic (exact) mass is 368 g/mol. The predicted octanol–water partition coefficient (Wildman–Crippen LogP) is -2.73. The van der Waals surface area contributed by atoms with Crippen molar-refractivity contribution < 1.29 is 49.6 Å². The summed E-state index contributed by atoms with van der Waals surface area (Å²) < 4.78 is 21.1. The van der Waals surface area contributed by atoms with Crippen molar-refractivity contribution in [2.45, 2.75) is 68.7 Å². The van der Waals surface area contributed by atoms with Crippen molar-refractivity contribution in [1.82, 2.24) is 0 Å². The average Bonchev–Trinajstić information content (AvgIpc) is 2.61. The van der Waals surface area contributed by atoms with Gasteiger partial charge in [0, 0.05) is 19.4 Å². The van der Waals surface area contributed by atoms with E-state index in [0.717, 1.165) is 0 Å². The molecule has 2 fully saturated rings. The lowest BCUT2D eigenvalue weighted by Gasteiger charge is -2.47. The van der Waals surface area contributed by atoms with Crippen LogP contribution in [0.4, 0.5) is 0 Å². The summed E-state index contributed by atoms with van der Waals surface area (Å²) in [6.07, 6.45) is -8.05. The number of ether oxygens (including phenoxy) is 4. The minimum atomic E-state index is -2.19. The highest BCUT2D eigenvalue weighted by atomic mass is 16.8. The van der Waals surface area contributed by atoms with Gasteiger partial charge in [-0.25, -0.2) is 0 Å². The molecule has 0 aliphatic carbocycles. The molecule has 0 spiro atoms. The molecule has 10 nitrogen and oxygen atoms in total. The van der Waals surface area contributed by atoms with Gasteiger partial charge in [-0.05, 0) is 6.42 Å². The van der Waals surface area contributed by atoms with Crippen LogP contribution in [0.3, 0.4) is 0 Å². The molecule has 2 heterocycles. The maximum atomic E-state index is 10.4. The fourth-order valence-corrected chi connectivity index (χ4v) is 3.32. The molecular formula is C15H28O10. The molecule has 0 aromatic heterocycles. The smallest absolute Gasteiger partial charge is 0.218 e. The molecule has 2 rings (SSSR count). The highest BCUT2D eigenvalue weighted by Gasteiger charge is 2.52. The van der Waals surface area contributed by atoms with Gasteiger partial charge in [0.1, 0.15) is 18.3 Å². The summed E-state index contributed by atoms with van der Waals surface area (Å²) in [7, 11) is 1.27. The van der Waals surface area contributed by atoms with Crippen molar-refractivity contribution in [3.05, 3.63) is 0 Å². The van der Waals surface area contributed by atoms with Crippen LogP contribution in [0, 0.1) is 5.92 Å². The summed E-state index contributed by atoms with van der Waals surface area (Å²) in [4.78, 5) is 0.